The minimum absolute atomic E-state index is 0.153. The normalized spacial score (nSPS) is 24.0. The third-order valence-electron chi connectivity index (χ3n) is 5.52. The van der Waals surface area contributed by atoms with Crippen molar-refractivity contribution in [1.82, 2.24) is 0 Å². The van der Waals surface area contributed by atoms with Crippen LogP contribution in [-0.4, -0.2) is 34.7 Å². The zero-order valence-electron chi connectivity index (χ0n) is 16.1. The molecule has 1 aliphatic carbocycles. The van der Waals surface area contributed by atoms with E-state index >= 15 is 0 Å². The highest BCUT2D eigenvalue weighted by Crippen LogP contribution is 2.39. The molecule has 1 fully saturated rings. The fourth-order valence-corrected chi connectivity index (χ4v) is 3.81. The summed E-state index contributed by atoms with van der Waals surface area (Å²) >= 11 is 0. The molecule has 26 heavy (non-hydrogen) atoms. The largest absolute Gasteiger partial charge is 0.481 e. The highest BCUT2D eigenvalue weighted by atomic mass is 16.5. The summed E-state index contributed by atoms with van der Waals surface area (Å²) in [6.45, 7) is 4.58. The minimum atomic E-state index is -0.789. The van der Waals surface area contributed by atoms with Crippen LogP contribution in [0.25, 0.3) is 0 Å². The summed E-state index contributed by atoms with van der Waals surface area (Å²) in [5.41, 5.74) is 0. The molecule has 1 saturated carbocycles. The van der Waals surface area contributed by atoms with Gasteiger partial charge >= 0.3 is 17.9 Å². The van der Waals surface area contributed by atoms with Crippen LogP contribution in [0.3, 0.4) is 0 Å². The molecule has 6 heteroatoms. The smallest absolute Gasteiger partial charge is 0.305 e. The maximum absolute atomic E-state index is 11.9. The van der Waals surface area contributed by atoms with Gasteiger partial charge in [0.1, 0.15) is 0 Å². The molecule has 1 aliphatic rings. The maximum Gasteiger partial charge on any atom is 0.305 e. The van der Waals surface area contributed by atoms with Gasteiger partial charge in [0, 0.05) is 19.3 Å². The lowest BCUT2D eigenvalue weighted by atomic mass is 9.71. The first kappa shape index (κ1) is 22.5. The molecule has 0 radical (unpaired) electrons. The van der Waals surface area contributed by atoms with Gasteiger partial charge in [-0.05, 0) is 62.2 Å². The Morgan fingerprint density at radius 2 is 1.31 bits per heavy atom. The van der Waals surface area contributed by atoms with E-state index in [1.807, 2.05) is 0 Å². The molecule has 0 aromatic rings. The number of carbonyl (C=O) groups is 3. The van der Waals surface area contributed by atoms with Crippen molar-refractivity contribution >= 4 is 17.9 Å². The molecule has 3 unspecified atom stereocenters. The van der Waals surface area contributed by atoms with Crippen molar-refractivity contribution in [3.8, 4) is 0 Å². The number of aliphatic carboxylic acids is 2. The predicted molar refractivity (Wildman–Crippen MR) is 97.7 cm³/mol. The van der Waals surface area contributed by atoms with Gasteiger partial charge in [0.05, 0.1) is 6.61 Å². The Bertz CT molecular complexity index is 435. The molecule has 1 rings (SSSR count). The topological polar surface area (TPSA) is 101 Å². The van der Waals surface area contributed by atoms with Crippen LogP contribution < -0.4 is 0 Å². The fraction of sp³-hybridized carbons (Fsp3) is 0.850. The molecular formula is C20H34O6. The van der Waals surface area contributed by atoms with E-state index in [2.05, 4.69) is 13.8 Å². The predicted octanol–water partition coefficient (Wildman–Crippen LogP) is 4.12. The monoisotopic (exact) mass is 370 g/mol. The minimum Gasteiger partial charge on any atom is -0.481 e. The SMILES string of the molecule is CCC(C)COC(=O)CCC1CC(CCC(=O)O)CC(CCC(=O)O)C1. The standard InChI is InChI=1S/C20H34O6/c1-3-14(2)13-26-20(25)9-6-17-11-15(4-7-18(21)22)10-16(12-17)5-8-19(23)24/h14-17H,3-13H2,1-2H3,(H,21,22)(H,23,24). The Balaban J connectivity index is 2.47. The van der Waals surface area contributed by atoms with Gasteiger partial charge in [-0.25, -0.2) is 0 Å². The summed E-state index contributed by atoms with van der Waals surface area (Å²) in [6, 6.07) is 0. The second kappa shape index (κ2) is 11.9. The van der Waals surface area contributed by atoms with Crippen LogP contribution >= 0.6 is 0 Å². The summed E-state index contributed by atoms with van der Waals surface area (Å²) in [6.07, 6.45) is 6.43. The Kier molecular flexibility index (Phi) is 10.3. The van der Waals surface area contributed by atoms with Gasteiger partial charge in [-0.1, -0.05) is 20.3 Å². The molecule has 2 N–H and O–H groups in total. The lowest BCUT2D eigenvalue weighted by molar-refractivity contribution is -0.145. The number of carbonyl (C=O) groups excluding carboxylic acids is 1. The zero-order valence-corrected chi connectivity index (χ0v) is 16.1. The van der Waals surface area contributed by atoms with E-state index in [0.29, 0.717) is 49.5 Å². The van der Waals surface area contributed by atoms with E-state index in [1.165, 1.54) is 0 Å². The highest BCUT2D eigenvalue weighted by molar-refractivity contribution is 5.69. The molecule has 3 atom stereocenters. The number of carboxylic acid groups (broad SMARTS) is 2. The van der Waals surface area contributed by atoms with Gasteiger partial charge in [0.15, 0.2) is 0 Å². The molecule has 0 aromatic heterocycles. The Morgan fingerprint density at radius 3 is 1.69 bits per heavy atom. The van der Waals surface area contributed by atoms with Crippen molar-refractivity contribution in [1.29, 1.82) is 0 Å². The first-order chi connectivity index (χ1) is 12.3. The van der Waals surface area contributed by atoms with Gasteiger partial charge in [0.25, 0.3) is 0 Å². The van der Waals surface area contributed by atoms with E-state index in [0.717, 1.165) is 32.1 Å². The van der Waals surface area contributed by atoms with Gasteiger partial charge < -0.3 is 14.9 Å². The van der Waals surface area contributed by atoms with E-state index in [-0.39, 0.29) is 18.8 Å². The maximum atomic E-state index is 11.9. The Labute approximate surface area is 156 Å². The fourth-order valence-electron chi connectivity index (χ4n) is 3.81. The summed E-state index contributed by atoms with van der Waals surface area (Å²) in [5, 5.41) is 17.8. The lowest BCUT2D eigenvalue weighted by Gasteiger charge is -2.35. The molecule has 0 amide bonds. The van der Waals surface area contributed by atoms with Crippen molar-refractivity contribution in [2.24, 2.45) is 23.7 Å². The van der Waals surface area contributed by atoms with Crippen LogP contribution in [0.5, 0.6) is 0 Å². The van der Waals surface area contributed by atoms with Crippen LogP contribution in [0.15, 0.2) is 0 Å². The van der Waals surface area contributed by atoms with Crippen molar-refractivity contribution < 1.29 is 29.3 Å². The number of ether oxygens (including phenoxy) is 1. The van der Waals surface area contributed by atoms with Gasteiger partial charge in [0.2, 0.25) is 0 Å². The van der Waals surface area contributed by atoms with Crippen LogP contribution in [0, 0.1) is 23.7 Å². The number of carboxylic acids is 2. The van der Waals surface area contributed by atoms with Crippen molar-refractivity contribution in [3.63, 3.8) is 0 Å². The number of hydrogen-bond donors (Lipinski definition) is 2. The van der Waals surface area contributed by atoms with Gasteiger partial charge in [-0.3, -0.25) is 14.4 Å². The zero-order chi connectivity index (χ0) is 19.5. The molecule has 150 valence electrons. The highest BCUT2D eigenvalue weighted by Gasteiger charge is 2.29. The first-order valence-electron chi connectivity index (χ1n) is 9.89. The van der Waals surface area contributed by atoms with E-state index in [9.17, 15) is 14.4 Å². The van der Waals surface area contributed by atoms with Gasteiger partial charge in [-0.15, -0.1) is 0 Å². The lowest BCUT2D eigenvalue weighted by Crippen LogP contribution is -2.25. The summed E-state index contributed by atoms with van der Waals surface area (Å²) in [4.78, 5) is 33.6. The van der Waals surface area contributed by atoms with E-state index in [4.69, 9.17) is 14.9 Å². The van der Waals surface area contributed by atoms with Crippen LogP contribution in [0.2, 0.25) is 0 Å². The molecule has 0 saturated heterocycles. The van der Waals surface area contributed by atoms with Crippen LogP contribution in [0.4, 0.5) is 0 Å². The molecule has 0 heterocycles. The molecule has 0 spiro atoms. The molecule has 6 nitrogen and oxygen atoms in total. The van der Waals surface area contributed by atoms with Crippen LogP contribution in [0.1, 0.15) is 78.1 Å². The number of rotatable bonds is 12. The molecule has 0 aromatic carbocycles. The molecule has 0 aliphatic heterocycles. The van der Waals surface area contributed by atoms with E-state index < -0.39 is 11.9 Å². The van der Waals surface area contributed by atoms with E-state index in [1.54, 1.807) is 0 Å². The second-order valence-corrected chi connectivity index (χ2v) is 7.91. The number of esters is 1. The summed E-state index contributed by atoms with van der Waals surface area (Å²) in [5.74, 6) is -0.419. The summed E-state index contributed by atoms with van der Waals surface area (Å²) < 4.78 is 5.30. The summed E-state index contributed by atoms with van der Waals surface area (Å²) in [7, 11) is 0. The number of hydrogen-bond acceptors (Lipinski definition) is 4. The van der Waals surface area contributed by atoms with Crippen molar-refractivity contribution in [2.45, 2.75) is 78.1 Å². The average molecular weight is 370 g/mol. The third-order valence-corrected chi connectivity index (χ3v) is 5.52. The van der Waals surface area contributed by atoms with Crippen molar-refractivity contribution in [3.05, 3.63) is 0 Å². The second-order valence-electron chi connectivity index (χ2n) is 7.91. The Hall–Kier alpha value is -1.59. The third kappa shape index (κ3) is 9.78. The van der Waals surface area contributed by atoms with Crippen molar-refractivity contribution in [2.75, 3.05) is 6.61 Å². The molecular weight excluding hydrogens is 336 g/mol. The average Bonchev–Trinajstić information content (AvgIpc) is 2.60. The van der Waals surface area contributed by atoms with Gasteiger partial charge in [-0.2, -0.15) is 0 Å². The first-order valence-corrected chi connectivity index (χ1v) is 9.89. The quantitative estimate of drug-likeness (QED) is 0.501. The van der Waals surface area contributed by atoms with Crippen LogP contribution in [-0.2, 0) is 19.1 Å². The Morgan fingerprint density at radius 1 is 0.885 bits per heavy atom. The molecule has 0 bridgehead atoms.